The fourth-order valence-electron chi connectivity index (χ4n) is 4.49. The van der Waals surface area contributed by atoms with E-state index >= 15 is 0 Å². The van der Waals surface area contributed by atoms with Gasteiger partial charge in [-0.1, -0.05) is 67.6 Å². The van der Waals surface area contributed by atoms with Crippen molar-refractivity contribution in [1.82, 2.24) is 4.57 Å². The van der Waals surface area contributed by atoms with Gasteiger partial charge < -0.3 is 4.57 Å². The van der Waals surface area contributed by atoms with Gasteiger partial charge in [0.05, 0.1) is 5.69 Å². The van der Waals surface area contributed by atoms with E-state index in [1.165, 1.54) is 27.9 Å². The summed E-state index contributed by atoms with van der Waals surface area (Å²) in [6.45, 7) is 3.09. The zero-order chi connectivity index (χ0) is 22.3. The Balaban J connectivity index is 2.03. The molecule has 0 bridgehead atoms. The van der Waals surface area contributed by atoms with Crippen LogP contribution in [0.15, 0.2) is 84.9 Å². The van der Waals surface area contributed by atoms with Crippen LogP contribution in [0.5, 0.6) is 0 Å². The van der Waals surface area contributed by atoms with E-state index in [0.29, 0.717) is 0 Å². The van der Waals surface area contributed by atoms with Crippen LogP contribution in [0.25, 0.3) is 33.5 Å². The zero-order valence-electron chi connectivity index (χ0n) is 18.5. The number of halogens is 1. The monoisotopic (exact) mass is 421 g/mol. The lowest BCUT2D eigenvalue weighted by Gasteiger charge is -2.14. The molecule has 1 nitrogen and oxygen atoms in total. The van der Waals surface area contributed by atoms with E-state index in [-0.39, 0.29) is 5.82 Å². The van der Waals surface area contributed by atoms with Gasteiger partial charge in [0.25, 0.3) is 0 Å². The molecule has 3 aromatic carbocycles. The summed E-state index contributed by atoms with van der Waals surface area (Å²) >= 11 is 0. The number of hydrogen-bond acceptors (Lipinski definition) is 0. The average molecular weight is 422 g/mol. The van der Waals surface area contributed by atoms with E-state index in [1.54, 1.807) is 12.1 Å². The van der Waals surface area contributed by atoms with Gasteiger partial charge in [0, 0.05) is 29.8 Å². The van der Waals surface area contributed by atoms with Crippen molar-refractivity contribution in [2.45, 2.75) is 39.2 Å². The smallest absolute Gasteiger partial charge is 0.123 e. The van der Waals surface area contributed by atoms with Crippen LogP contribution in [-0.2, 0) is 13.0 Å². The highest BCUT2D eigenvalue weighted by molar-refractivity contribution is 5.95. The lowest BCUT2D eigenvalue weighted by molar-refractivity contribution is 0.605. The number of unbranched alkanes of at least 4 members (excludes halogenated alkanes) is 2. The molecule has 32 heavy (non-hydrogen) atoms. The normalized spacial score (nSPS) is 10.8. The van der Waals surface area contributed by atoms with E-state index in [9.17, 15) is 4.39 Å². The number of rotatable bonds is 8. The van der Waals surface area contributed by atoms with Crippen molar-refractivity contribution in [2.24, 2.45) is 0 Å². The summed E-state index contributed by atoms with van der Waals surface area (Å²) in [4.78, 5) is 0. The Hall–Kier alpha value is -3.57. The Bertz CT molecular complexity index is 1200. The zero-order valence-corrected chi connectivity index (χ0v) is 18.5. The van der Waals surface area contributed by atoms with Crippen molar-refractivity contribution in [2.75, 3.05) is 0 Å². The van der Waals surface area contributed by atoms with Crippen molar-refractivity contribution in [1.29, 1.82) is 0 Å². The molecule has 0 saturated carbocycles. The fourth-order valence-corrected chi connectivity index (χ4v) is 4.49. The molecule has 0 amide bonds. The van der Waals surface area contributed by atoms with Gasteiger partial charge in [-0.3, -0.25) is 0 Å². The molecule has 4 aromatic rings. The van der Waals surface area contributed by atoms with Gasteiger partial charge in [-0.15, -0.1) is 12.3 Å². The summed E-state index contributed by atoms with van der Waals surface area (Å²) in [6, 6.07) is 28.0. The number of aromatic nitrogens is 1. The molecule has 160 valence electrons. The summed E-state index contributed by atoms with van der Waals surface area (Å²) < 4.78 is 16.2. The maximum absolute atomic E-state index is 13.8. The van der Waals surface area contributed by atoms with Crippen LogP contribution in [0, 0.1) is 18.2 Å². The summed E-state index contributed by atoms with van der Waals surface area (Å²) in [5.74, 6) is 2.53. The molecule has 0 saturated heterocycles. The van der Waals surface area contributed by atoms with Crippen LogP contribution in [0.2, 0.25) is 0 Å². The average Bonchev–Trinajstić information content (AvgIpc) is 3.17. The molecular weight excluding hydrogens is 393 g/mol. The van der Waals surface area contributed by atoms with E-state index in [0.717, 1.165) is 43.5 Å². The molecule has 1 aromatic heterocycles. The summed E-state index contributed by atoms with van der Waals surface area (Å²) in [5.41, 5.74) is 8.31. The molecule has 4 rings (SSSR count). The van der Waals surface area contributed by atoms with E-state index < -0.39 is 0 Å². The summed E-state index contributed by atoms with van der Waals surface area (Å²) in [7, 11) is 0. The van der Waals surface area contributed by atoms with E-state index in [2.05, 4.69) is 72.0 Å². The highest BCUT2D eigenvalue weighted by Crippen LogP contribution is 2.45. The first-order valence-electron chi connectivity index (χ1n) is 11.3. The Morgan fingerprint density at radius 3 is 1.91 bits per heavy atom. The van der Waals surface area contributed by atoms with Gasteiger partial charge in [0.15, 0.2) is 0 Å². The number of hydrogen-bond donors (Lipinski definition) is 0. The maximum atomic E-state index is 13.8. The quantitative estimate of drug-likeness (QED) is 0.201. The molecule has 0 N–H and O–H groups in total. The van der Waals surface area contributed by atoms with Gasteiger partial charge >= 0.3 is 0 Å². The minimum atomic E-state index is -0.221. The molecule has 0 aliphatic rings. The fraction of sp³-hybridized carbons (Fsp3) is 0.200. The third-order valence-electron chi connectivity index (χ3n) is 5.90. The van der Waals surface area contributed by atoms with E-state index in [4.69, 9.17) is 6.42 Å². The second-order valence-corrected chi connectivity index (χ2v) is 7.95. The first-order valence-corrected chi connectivity index (χ1v) is 11.3. The van der Waals surface area contributed by atoms with Crippen LogP contribution >= 0.6 is 0 Å². The highest BCUT2D eigenvalue weighted by Gasteiger charge is 2.24. The van der Waals surface area contributed by atoms with Crippen molar-refractivity contribution >= 4 is 0 Å². The first-order chi connectivity index (χ1) is 15.7. The number of terminal acetylenes is 1. The molecule has 0 aliphatic carbocycles. The molecule has 1 heterocycles. The van der Waals surface area contributed by atoms with E-state index in [1.807, 2.05) is 18.2 Å². The minimum Gasteiger partial charge on any atom is -0.343 e. The SMILES string of the molecule is C#CCCCCn1c(CC)c(-c2ccccc2)c(-c2ccccc2)c1-c1ccc(F)cc1. The molecule has 0 spiro atoms. The summed E-state index contributed by atoms with van der Waals surface area (Å²) in [5, 5.41) is 0. The van der Waals surface area contributed by atoms with Gasteiger partial charge in [-0.25, -0.2) is 4.39 Å². The molecule has 2 heteroatoms. The summed E-state index contributed by atoms with van der Waals surface area (Å²) in [6.07, 6.45) is 9.16. The lowest BCUT2D eigenvalue weighted by atomic mass is 9.92. The second-order valence-electron chi connectivity index (χ2n) is 7.95. The number of nitrogens with zero attached hydrogens (tertiary/aromatic N) is 1. The topological polar surface area (TPSA) is 4.93 Å². The molecule has 0 atom stereocenters. The standard InChI is InChI=1S/C30H28FN/c1-3-5-6-13-22-32-27(4-2)28(23-14-9-7-10-15-23)29(24-16-11-8-12-17-24)30(32)25-18-20-26(31)21-19-25/h1,7-12,14-21H,4-6,13,22H2,2H3. The van der Waals surface area contributed by atoms with Gasteiger partial charge in [0.1, 0.15) is 5.82 Å². The van der Waals surface area contributed by atoms with Gasteiger partial charge in [-0.05, 0) is 60.2 Å². The largest absolute Gasteiger partial charge is 0.343 e. The molecule has 0 radical (unpaired) electrons. The lowest BCUT2D eigenvalue weighted by Crippen LogP contribution is -2.05. The predicted octanol–water partition coefficient (Wildman–Crippen LogP) is 7.99. The first kappa shape index (κ1) is 21.7. The van der Waals surface area contributed by atoms with Crippen molar-refractivity contribution < 1.29 is 4.39 Å². The van der Waals surface area contributed by atoms with Crippen molar-refractivity contribution in [3.8, 4) is 45.9 Å². The van der Waals surface area contributed by atoms with Crippen LogP contribution in [-0.4, -0.2) is 4.57 Å². The Labute approximate surface area is 190 Å². The molecular formula is C30H28FN. The third kappa shape index (κ3) is 4.39. The Kier molecular flexibility index (Phi) is 6.87. The van der Waals surface area contributed by atoms with Crippen LogP contribution < -0.4 is 0 Å². The van der Waals surface area contributed by atoms with Gasteiger partial charge in [0.2, 0.25) is 0 Å². The molecule has 0 aliphatic heterocycles. The Morgan fingerprint density at radius 1 is 0.750 bits per heavy atom. The Morgan fingerprint density at radius 2 is 1.34 bits per heavy atom. The molecule has 0 unspecified atom stereocenters. The molecule has 0 fully saturated rings. The third-order valence-corrected chi connectivity index (χ3v) is 5.90. The van der Waals surface area contributed by atoms with Crippen molar-refractivity contribution in [3.63, 3.8) is 0 Å². The van der Waals surface area contributed by atoms with Gasteiger partial charge in [-0.2, -0.15) is 0 Å². The minimum absolute atomic E-state index is 0.221. The maximum Gasteiger partial charge on any atom is 0.123 e. The van der Waals surface area contributed by atoms with Crippen LogP contribution in [0.4, 0.5) is 4.39 Å². The highest BCUT2D eigenvalue weighted by atomic mass is 19.1. The number of benzene rings is 3. The second kappa shape index (κ2) is 10.2. The predicted molar refractivity (Wildman–Crippen MR) is 133 cm³/mol. The van der Waals surface area contributed by atoms with Crippen LogP contribution in [0.3, 0.4) is 0 Å². The van der Waals surface area contributed by atoms with Crippen molar-refractivity contribution in [3.05, 3.63) is 96.4 Å². The van der Waals surface area contributed by atoms with Crippen LogP contribution in [0.1, 0.15) is 31.9 Å².